The molecule has 0 unspecified atom stereocenters. The summed E-state index contributed by atoms with van der Waals surface area (Å²) in [5.41, 5.74) is 2.02. The molecule has 1 heterocycles. The van der Waals surface area contributed by atoms with E-state index >= 15 is 0 Å². The fraction of sp³-hybridized carbons (Fsp3) is 0.0870. The van der Waals surface area contributed by atoms with E-state index in [0.29, 0.717) is 17.5 Å². The Hall–Kier alpha value is -3.51. The van der Waals surface area contributed by atoms with Crippen LogP contribution in [0.5, 0.6) is 0 Å². The number of allylic oxidation sites excluding steroid dienone is 1. The normalized spacial score (nSPS) is 10.3. The topological polar surface area (TPSA) is 39.4 Å². The van der Waals surface area contributed by atoms with Gasteiger partial charge in [0.2, 0.25) is 0 Å². The highest BCUT2D eigenvalue weighted by atomic mass is 16.5. The van der Waals surface area contributed by atoms with Crippen molar-refractivity contribution in [3.63, 3.8) is 0 Å². The van der Waals surface area contributed by atoms with Gasteiger partial charge in [-0.2, -0.15) is 0 Å². The molecule has 0 radical (unpaired) electrons. The minimum absolute atomic E-state index is 0.208. The van der Waals surface area contributed by atoms with Crippen molar-refractivity contribution in [2.75, 3.05) is 6.61 Å². The maximum Gasteiger partial charge on any atom is 0.339 e. The number of esters is 1. The van der Waals surface area contributed by atoms with Gasteiger partial charge in [-0.15, -0.1) is 0 Å². The molecule has 0 amide bonds. The lowest BCUT2D eigenvalue weighted by Crippen LogP contribution is -2.07. The van der Waals surface area contributed by atoms with Gasteiger partial charge in [0.15, 0.2) is 0 Å². The fourth-order valence-electron chi connectivity index (χ4n) is 2.33. The highest BCUT2D eigenvalue weighted by molar-refractivity contribution is 5.92. The van der Waals surface area contributed by atoms with Crippen molar-refractivity contribution in [3.8, 4) is 11.8 Å². The van der Waals surface area contributed by atoms with E-state index in [9.17, 15) is 4.79 Å². The molecular formula is C23H18O3. The molecular weight excluding hydrogens is 324 g/mol. The maximum atomic E-state index is 12.3. The zero-order valence-electron chi connectivity index (χ0n) is 14.2. The van der Waals surface area contributed by atoms with Crippen LogP contribution in [0.15, 0.2) is 89.6 Å². The second kappa shape index (κ2) is 9.10. The van der Waals surface area contributed by atoms with Crippen LogP contribution in [0.25, 0.3) is 0 Å². The first-order valence-electron chi connectivity index (χ1n) is 8.33. The Bertz CT molecular complexity index is 926. The molecule has 0 aliphatic carbocycles. The molecule has 3 rings (SSSR count). The molecule has 1 aromatic heterocycles. The third-order valence-corrected chi connectivity index (χ3v) is 3.64. The molecule has 0 aliphatic rings. The Morgan fingerprint density at radius 2 is 1.73 bits per heavy atom. The number of hydrogen-bond donors (Lipinski definition) is 0. The summed E-state index contributed by atoms with van der Waals surface area (Å²) in [5.74, 6) is 6.60. The van der Waals surface area contributed by atoms with E-state index in [1.54, 1.807) is 24.5 Å². The van der Waals surface area contributed by atoms with Gasteiger partial charge in [-0.25, -0.2) is 4.79 Å². The second-order valence-corrected chi connectivity index (χ2v) is 5.51. The van der Waals surface area contributed by atoms with Gasteiger partial charge in [-0.3, -0.25) is 0 Å². The predicted octanol–water partition coefficient (Wildman–Crippen LogP) is 4.64. The quantitative estimate of drug-likeness (QED) is 0.385. The molecule has 0 bridgehead atoms. The summed E-state index contributed by atoms with van der Waals surface area (Å²) >= 11 is 0. The Kier molecular flexibility index (Phi) is 6.06. The number of carbonyl (C=O) groups excluding carboxylic acids is 1. The smallest absolute Gasteiger partial charge is 0.339 e. The SMILES string of the molecule is O=C(OC/C=C/Cc1ccco1)c1ccccc1C#Cc1ccccc1. The van der Waals surface area contributed by atoms with Crippen molar-refractivity contribution in [2.24, 2.45) is 0 Å². The maximum absolute atomic E-state index is 12.3. The summed E-state index contributed by atoms with van der Waals surface area (Å²) in [6, 6.07) is 20.6. The van der Waals surface area contributed by atoms with Crippen LogP contribution in [0.1, 0.15) is 27.2 Å². The molecule has 0 saturated heterocycles. The van der Waals surface area contributed by atoms with E-state index in [2.05, 4.69) is 11.8 Å². The monoisotopic (exact) mass is 342 g/mol. The van der Waals surface area contributed by atoms with Crippen molar-refractivity contribution in [1.82, 2.24) is 0 Å². The number of ether oxygens (including phenoxy) is 1. The lowest BCUT2D eigenvalue weighted by molar-refractivity contribution is 0.0549. The minimum Gasteiger partial charge on any atom is -0.469 e. The Balaban J connectivity index is 1.61. The molecule has 0 aliphatic heterocycles. The molecule has 0 N–H and O–H groups in total. The standard InChI is InChI=1S/C23H18O3/c24-23(26-17-7-6-12-21-13-8-18-25-21)22-14-5-4-11-20(22)16-15-19-9-2-1-3-10-19/h1-11,13-14,18H,12,17H2/b7-6+. The number of benzene rings is 2. The lowest BCUT2D eigenvalue weighted by atomic mass is 10.1. The van der Waals surface area contributed by atoms with E-state index in [1.807, 2.05) is 60.7 Å². The van der Waals surface area contributed by atoms with E-state index in [-0.39, 0.29) is 12.6 Å². The Morgan fingerprint density at radius 1 is 0.923 bits per heavy atom. The van der Waals surface area contributed by atoms with Crippen LogP contribution in [0.3, 0.4) is 0 Å². The first-order chi connectivity index (χ1) is 12.8. The third kappa shape index (κ3) is 4.99. The zero-order valence-corrected chi connectivity index (χ0v) is 14.2. The van der Waals surface area contributed by atoms with Gasteiger partial charge in [0, 0.05) is 17.5 Å². The van der Waals surface area contributed by atoms with Gasteiger partial charge >= 0.3 is 5.97 Å². The van der Waals surface area contributed by atoms with Crippen LogP contribution in [-0.4, -0.2) is 12.6 Å². The average molecular weight is 342 g/mol. The van der Waals surface area contributed by atoms with Crippen molar-refractivity contribution < 1.29 is 13.9 Å². The molecule has 128 valence electrons. The van der Waals surface area contributed by atoms with Gasteiger partial charge in [0.25, 0.3) is 0 Å². The summed E-state index contributed by atoms with van der Waals surface area (Å²) in [4.78, 5) is 12.3. The molecule has 26 heavy (non-hydrogen) atoms. The number of hydrogen-bond acceptors (Lipinski definition) is 3. The van der Waals surface area contributed by atoms with Crippen LogP contribution in [0.4, 0.5) is 0 Å². The van der Waals surface area contributed by atoms with Crippen molar-refractivity contribution >= 4 is 5.97 Å². The number of carbonyl (C=O) groups is 1. The Labute approximate surface area is 152 Å². The third-order valence-electron chi connectivity index (χ3n) is 3.64. The second-order valence-electron chi connectivity index (χ2n) is 5.51. The van der Waals surface area contributed by atoms with Gasteiger partial charge in [-0.05, 0) is 36.4 Å². The first-order valence-corrected chi connectivity index (χ1v) is 8.33. The van der Waals surface area contributed by atoms with E-state index in [0.717, 1.165) is 11.3 Å². The largest absolute Gasteiger partial charge is 0.469 e. The van der Waals surface area contributed by atoms with Crippen molar-refractivity contribution in [2.45, 2.75) is 6.42 Å². The highest BCUT2D eigenvalue weighted by Gasteiger charge is 2.10. The van der Waals surface area contributed by atoms with Crippen LogP contribution in [0.2, 0.25) is 0 Å². The van der Waals surface area contributed by atoms with Gasteiger partial charge in [-0.1, -0.05) is 54.3 Å². The van der Waals surface area contributed by atoms with E-state index in [1.165, 1.54) is 0 Å². The predicted molar refractivity (Wildman–Crippen MR) is 101 cm³/mol. The van der Waals surface area contributed by atoms with Crippen LogP contribution in [-0.2, 0) is 11.2 Å². The van der Waals surface area contributed by atoms with Gasteiger partial charge in [0.1, 0.15) is 12.4 Å². The van der Waals surface area contributed by atoms with E-state index < -0.39 is 0 Å². The zero-order chi connectivity index (χ0) is 18.0. The molecule has 0 fully saturated rings. The van der Waals surface area contributed by atoms with E-state index in [4.69, 9.17) is 9.15 Å². The number of rotatable bonds is 5. The molecule has 3 aromatic rings. The lowest BCUT2D eigenvalue weighted by Gasteiger charge is -2.04. The van der Waals surface area contributed by atoms with Crippen LogP contribution >= 0.6 is 0 Å². The molecule has 0 atom stereocenters. The highest BCUT2D eigenvalue weighted by Crippen LogP contribution is 2.10. The Morgan fingerprint density at radius 3 is 2.54 bits per heavy atom. The summed E-state index contributed by atoms with van der Waals surface area (Å²) < 4.78 is 10.6. The molecule has 3 nitrogen and oxygen atoms in total. The number of furan rings is 1. The fourth-order valence-corrected chi connectivity index (χ4v) is 2.33. The minimum atomic E-state index is -0.384. The summed E-state index contributed by atoms with van der Waals surface area (Å²) in [6.45, 7) is 0.208. The van der Waals surface area contributed by atoms with Crippen LogP contribution in [0, 0.1) is 11.8 Å². The molecule has 0 spiro atoms. The molecule has 2 aromatic carbocycles. The first kappa shape index (κ1) is 17.3. The summed E-state index contributed by atoms with van der Waals surface area (Å²) in [5, 5.41) is 0. The van der Waals surface area contributed by atoms with Crippen molar-refractivity contribution in [3.05, 3.63) is 108 Å². The molecule has 3 heteroatoms. The molecule has 0 saturated carbocycles. The van der Waals surface area contributed by atoms with Gasteiger partial charge in [0.05, 0.1) is 11.8 Å². The summed E-state index contributed by atoms with van der Waals surface area (Å²) in [6.07, 6.45) is 6.02. The average Bonchev–Trinajstić information content (AvgIpc) is 3.20. The van der Waals surface area contributed by atoms with Gasteiger partial charge < -0.3 is 9.15 Å². The van der Waals surface area contributed by atoms with Crippen LogP contribution < -0.4 is 0 Å². The summed E-state index contributed by atoms with van der Waals surface area (Å²) in [7, 11) is 0. The van der Waals surface area contributed by atoms with Crippen molar-refractivity contribution in [1.29, 1.82) is 0 Å².